The molecule has 3 aliphatic rings. The van der Waals surface area contributed by atoms with E-state index in [1.807, 2.05) is 13.8 Å². The first-order valence-corrected chi connectivity index (χ1v) is 11.5. The number of benzene rings is 2. The van der Waals surface area contributed by atoms with Crippen LogP contribution in [0.2, 0.25) is 0 Å². The molecule has 35 heavy (non-hydrogen) atoms. The summed E-state index contributed by atoms with van der Waals surface area (Å²) in [5, 5.41) is 33.5. The molecule has 0 aromatic heterocycles. The Hall–Kier alpha value is -1.68. The number of aliphatic hydroxyl groups is 1. The van der Waals surface area contributed by atoms with Crippen molar-refractivity contribution in [2.24, 2.45) is 11.7 Å². The second-order valence-corrected chi connectivity index (χ2v) is 9.99. The maximum absolute atomic E-state index is 13.3. The van der Waals surface area contributed by atoms with Crippen molar-refractivity contribution in [1.29, 1.82) is 0 Å². The van der Waals surface area contributed by atoms with Crippen molar-refractivity contribution in [2.45, 2.75) is 70.2 Å². The van der Waals surface area contributed by atoms with E-state index in [2.05, 4.69) is 6.07 Å². The third-order valence-corrected chi connectivity index (χ3v) is 7.44. The second kappa shape index (κ2) is 9.32. The summed E-state index contributed by atoms with van der Waals surface area (Å²) in [7, 11) is 0. The molecule has 0 saturated carbocycles. The number of carbonyl (C=O) groups excluding carboxylic acids is 2. The fourth-order valence-electron chi connectivity index (χ4n) is 5.38. The monoisotopic (exact) mass is 555 g/mol. The summed E-state index contributed by atoms with van der Waals surface area (Å²) in [4.78, 5) is 26.5. The molecule has 1 heterocycles. The van der Waals surface area contributed by atoms with Gasteiger partial charge in [-0.1, -0.05) is 18.1 Å². The minimum atomic E-state index is -1.29. The Balaban J connectivity index is 0.00000289. The zero-order valence-electron chi connectivity index (χ0n) is 19.9. The summed E-state index contributed by atoms with van der Waals surface area (Å²) in [6, 6.07) is 7.19. The average molecular weight is 555 g/mol. The number of ketones is 2. The minimum absolute atomic E-state index is 0. The van der Waals surface area contributed by atoms with Gasteiger partial charge in [0.05, 0.1) is 23.4 Å². The van der Waals surface area contributed by atoms with Crippen molar-refractivity contribution in [2.75, 3.05) is 0 Å². The van der Waals surface area contributed by atoms with Crippen molar-refractivity contribution < 1.29 is 67.1 Å². The van der Waals surface area contributed by atoms with E-state index in [0.29, 0.717) is 6.42 Å². The van der Waals surface area contributed by atoms with Gasteiger partial charge in [0.1, 0.15) is 17.3 Å². The van der Waals surface area contributed by atoms with Gasteiger partial charge in [-0.2, -0.15) is 0 Å². The first-order chi connectivity index (χ1) is 16.0. The molecule has 183 valence electrons. The van der Waals surface area contributed by atoms with E-state index in [-0.39, 0.29) is 97.0 Å². The fourth-order valence-corrected chi connectivity index (χ4v) is 5.38. The van der Waals surface area contributed by atoms with E-state index in [4.69, 9.17) is 15.2 Å². The van der Waals surface area contributed by atoms with E-state index < -0.39 is 41.1 Å². The molecule has 0 bridgehead atoms. The van der Waals surface area contributed by atoms with Crippen molar-refractivity contribution >= 4 is 11.6 Å². The number of phenolic OH excluding ortho intramolecular Hbond substituents is 2. The van der Waals surface area contributed by atoms with Crippen LogP contribution in [0.15, 0.2) is 18.2 Å². The second-order valence-electron chi connectivity index (χ2n) is 9.99. The molecule has 0 amide bonds. The van der Waals surface area contributed by atoms with Crippen LogP contribution >= 0.6 is 0 Å². The summed E-state index contributed by atoms with van der Waals surface area (Å²) < 4.78 is 12.2. The van der Waals surface area contributed by atoms with Crippen molar-refractivity contribution in [3.8, 4) is 11.5 Å². The van der Waals surface area contributed by atoms with Crippen LogP contribution in [0, 0.1) is 12.0 Å². The van der Waals surface area contributed by atoms with Crippen LogP contribution < -0.4 is 5.73 Å². The molecule has 1 saturated heterocycles. The molecule has 0 spiro atoms. The number of nitrogens with two attached hydrogens (primary N) is 1. The number of phenols is 2. The van der Waals surface area contributed by atoms with Gasteiger partial charge in [-0.15, -0.1) is 24.3 Å². The van der Waals surface area contributed by atoms with E-state index >= 15 is 0 Å². The molecule has 6 atom stereocenters. The van der Waals surface area contributed by atoms with Crippen molar-refractivity contribution in [3.63, 3.8) is 0 Å². The van der Waals surface area contributed by atoms with Gasteiger partial charge in [0, 0.05) is 74.7 Å². The van der Waals surface area contributed by atoms with E-state index in [1.165, 1.54) is 12.1 Å². The van der Waals surface area contributed by atoms with Crippen LogP contribution in [-0.2, 0) is 48.6 Å². The Morgan fingerprint density at radius 1 is 1.17 bits per heavy atom. The largest absolute Gasteiger partial charge is 0.508 e. The molecule has 1 aliphatic heterocycles. The molecular weight excluding hydrogens is 527 g/mol. The normalized spacial score (nSPS) is 31.7. The van der Waals surface area contributed by atoms with Gasteiger partial charge in [-0.05, 0) is 19.8 Å². The summed E-state index contributed by atoms with van der Waals surface area (Å²) >= 11 is 0. The van der Waals surface area contributed by atoms with Crippen LogP contribution in [0.3, 0.4) is 0 Å². The Morgan fingerprint density at radius 3 is 2.54 bits per heavy atom. The van der Waals surface area contributed by atoms with Crippen molar-refractivity contribution in [1.82, 2.24) is 0 Å². The summed E-state index contributed by atoms with van der Waals surface area (Å²) in [5.74, 6) is -1.90. The van der Waals surface area contributed by atoms with Gasteiger partial charge in [0.25, 0.3) is 0 Å². The minimum Gasteiger partial charge on any atom is -0.508 e. The molecule has 2 aliphatic carbocycles. The fraction of sp³-hybridized carbons (Fsp3) is 0.462. The molecule has 5 N–H and O–H groups in total. The molecule has 6 unspecified atom stereocenters. The average Bonchev–Trinajstić information content (AvgIpc) is 2.77. The van der Waals surface area contributed by atoms with E-state index in [1.54, 1.807) is 13.0 Å². The molecule has 2 aromatic carbocycles. The molecule has 1 fully saturated rings. The van der Waals surface area contributed by atoms with E-state index in [0.717, 1.165) is 0 Å². The van der Waals surface area contributed by atoms with Gasteiger partial charge in [-0.3, -0.25) is 4.79 Å². The standard InChI is InChI=1S/C26H28NO7.Y/c1-11-12(2)33-18(8-16(11)27)34-17-10-26(3,32)9-15-19(17)25(31)21-20(24(15)30)22(28)13-6-4-5-7-14(13)23(21)29;/h4-6,11-12,16-18,30-32H,8-10,27H2,1-3H3;/q-1;. The smallest absolute Gasteiger partial charge is 0.160 e. The number of rotatable bonds is 2. The third kappa shape index (κ3) is 4.28. The van der Waals surface area contributed by atoms with Gasteiger partial charge >= 0.3 is 0 Å². The van der Waals surface area contributed by atoms with Crippen LogP contribution in [0.5, 0.6) is 11.5 Å². The van der Waals surface area contributed by atoms with Crippen LogP contribution in [0.25, 0.3) is 0 Å². The number of fused-ring (bicyclic) bond motifs is 3. The number of hydrogen-bond donors (Lipinski definition) is 4. The molecular formula is C26H28NO7Y-. The van der Waals surface area contributed by atoms with Gasteiger partial charge in [0.15, 0.2) is 12.1 Å². The van der Waals surface area contributed by atoms with Gasteiger partial charge in [0.2, 0.25) is 0 Å². The SMILES string of the molecule is CC1OC(OC2CC(C)(O)Cc3c(O)c4c(c(O)c32)C(=O)c2[c-]cccc2C4=O)CC(N)C1C.[Y]. The van der Waals surface area contributed by atoms with Crippen LogP contribution in [0.1, 0.15) is 82.7 Å². The molecule has 8 nitrogen and oxygen atoms in total. The topological polar surface area (TPSA) is 139 Å². The summed E-state index contributed by atoms with van der Waals surface area (Å²) in [6.45, 7) is 5.50. The predicted molar refractivity (Wildman–Crippen MR) is 121 cm³/mol. The number of ether oxygens (including phenoxy) is 2. The number of aromatic hydroxyl groups is 2. The summed E-state index contributed by atoms with van der Waals surface area (Å²) in [6.07, 6.45) is -1.27. The molecule has 5 rings (SSSR count). The van der Waals surface area contributed by atoms with Crippen molar-refractivity contribution in [3.05, 3.63) is 57.6 Å². The Morgan fingerprint density at radius 2 is 1.86 bits per heavy atom. The number of carbonyl (C=O) groups is 2. The molecule has 2 aromatic rings. The first kappa shape index (κ1) is 26.4. The maximum Gasteiger partial charge on any atom is 0.160 e. The Labute approximate surface area is 228 Å². The van der Waals surface area contributed by atoms with Gasteiger partial charge < -0.3 is 35.3 Å². The zero-order chi connectivity index (χ0) is 24.5. The summed E-state index contributed by atoms with van der Waals surface area (Å²) in [5.41, 5.74) is 4.95. The Kier molecular flexibility index (Phi) is 7.03. The van der Waals surface area contributed by atoms with Crippen LogP contribution in [0.4, 0.5) is 0 Å². The first-order valence-electron chi connectivity index (χ1n) is 11.5. The zero-order valence-corrected chi connectivity index (χ0v) is 22.7. The number of hydrogen-bond acceptors (Lipinski definition) is 8. The molecule has 1 radical (unpaired) electrons. The maximum atomic E-state index is 13.3. The van der Waals surface area contributed by atoms with E-state index in [9.17, 15) is 24.9 Å². The molecule has 9 heteroatoms. The van der Waals surface area contributed by atoms with Gasteiger partial charge in [-0.25, -0.2) is 0 Å². The Bertz CT molecular complexity index is 1200. The quantitative estimate of drug-likeness (QED) is 0.280. The third-order valence-electron chi connectivity index (χ3n) is 7.44. The van der Waals surface area contributed by atoms with Crippen LogP contribution in [-0.4, -0.2) is 50.9 Å². The predicted octanol–water partition coefficient (Wildman–Crippen LogP) is 2.52.